The predicted octanol–water partition coefficient (Wildman–Crippen LogP) is 22.3. The Morgan fingerprint density at radius 3 is 1.06 bits per heavy atom. The predicted molar refractivity (Wildman–Crippen MR) is 362 cm³/mol. The molecule has 2 N–H and O–H groups in total. The number of hydrogen-bond donors (Lipinski definition) is 2. The molecule has 0 saturated carbocycles. The number of aliphatic hydroxyl groups excluding tert-OH is 1. The van der Waals surface area contributed by atoms with Crippen molar-refractivity contribution in [3.05, 3.63) is 72.9 Å². The van der Waals surface area contributed by atoms with Crippen molar-refractivity contribution >= 4 is 13.7 Å². The van der Waals surface area contributed by atoms with Crippen LogP contribution in [0.2, 0.25) is 0 Å². The van der Waals surface area contributed by atoms with Gasteiger partial charge in [-0.05, 0) is 83.5 Å². The van der Waals surface area contributed by atoms with E-state index in [4.69, 9.17) is 9.05 Å². The Balaban J connectivity index is 4.12. The van der Waals surface area contributed by atoms with E-state index in [0.717, 1.165) is 57.8 Å². The SMILES string of the molecule is CCCCCCC/C=C\C/C=C\C/C=C\CCCCCCCCCCCCCCCCCCC(=O)NC(COP(=O)([O-])OCC[N+](C)(C)C)C(O)/C=C/CC/C=C/CC/C=C/CCCCCCCCCCCCCCCCCCCCCC. The quantitative estimate of drug-likeness (QED) is 0.0272. The second kappa shape index (κ2) is 64.4. The van der Waals surface area contributed by atoms with E-state index in [2.05, 4.69) is 79.9 Å². The van der Waals surface area contributed by atoms with Gasteiger partial charge < -0.3 is 28.8 Å². The molecule has 486 valence electrons. The fraction of sp³-hybridized carbons (Fsp3) is 0.824. The fourth-order valence-corrected chi connectivity index (χ4v) is 11.3. The summed E-state index contributed by atoms with van der Waals surface area (Å²) in [4.78, 5) is 25.6. The van der Waals surface area contributed by atoms with Crippen molar-refractivity contribution in [2.45, 2.75) is 353 Å². The van der Waals surface area contributed by atoms with Gasteiger partial charge in [-0.2, -0.15) is 0 Å². The highest BCUT2D eigenvalue weighted by atomic mass is 31.2. The Labute approximate surface area is 516 Å². The number of carbonyl (C=O) groups excluding carboxylic acids is 1. The number of phosphoric acid groups is 1. The summed E-state index contributed by atoms with van der Waals surface area (Å²) < 4.78 is 23.4. The maximum Gasteiger partial charge on any atom is 0.268 e. The van der Waals surface area contributed by atoms with Crippen LogP contribution in [-0.2, 0) is 18.4 Å². The molecule has 0 heterocycles. The van der Waals surface area contributed by atoms with Gasteiger partial charge in [0.15, 0.2) is 0 Å². The third-order valence-electron chi connectivity index (χ3n) is 16.1. The summed E-state index contributed by atoms with van der Waals surface area (Å²) in [7, 11) is 1.24. The number of quaternary nitrogens is 1. The summed E-state index contributed by atoms with van der Waals surface area (Å²) in [6.07, 6.45) is 90.4. The Kier molecular flexibility index (Phi) is 62.8. The van der Waals surface area contributed by atoms with Crippen LogP contribution < -0.4 is 10.2 Å². The third-order valence-corrected chi connectivity index (χ3v) is 17.1. The molecule has 0 aliphatic rings. The average molecular weight is 1180 g/mol. The summed E-state index contributed by atoms with van der Waals surface area (Å²) in [5.41, 5.74) is 0. The van der Waals surface area contributed by atoms with Gasteiger partial charge in [0.2, 0.25) is 5.91 Å². The van der Waals surface area contributed by atoms with Crippen molar-refractivity contribution in [1.82, 2.24) is 5.32 Å². The highest BCUT2D eigenvalue weighted by molar-refractivity contribution is 7.45. The Morgan fingerprint density at radius 1 is 0.422 bits per heavy atom. The van der Waals surface area contributed by atoms with Crippen molar-refractivity contribution in [2.75, 3.05) is 40.9 Å². The molecule has 1 amide bonds. The van der Waals surface area contributed by atoms with Crippen LogP contribution in [0.4, 0.5) is 0 Å². The lowest BCUT2D eigenvalue weighted by atomic mass is 10.0. The van der Waals surface area contributed by atoms with Gasteiger partial charge in [0.05, 0.1) is 39.9 Å². The number of likely N-dealkylation sites (N-methyl/N-ethyl adjacent to an activating group) is 1. The van der Waals surface area contributed by atoms with Crippen LogP contribution in [0.25, 0.3) is 0 Å². The number of nitrogens with zero attached hydrogens (tertiary/aromatic N) is 1. The van der Waals surface area contributed by atoms with E-state index in [0.29, 0.717) is 17.4 Å². The van der Waals surface area contributed by atoms with E-state index >= 15 is 0 Å². The first-order valence-corrected chi connectivity index (χ1v) is 37.3. The van der Waals surface area contributed by atoms with Gasteiger partial charge >= 0.3 is 0 Å². The highest BCUT2D eigenvalue weighted by Gasteiger charge is 2.23. The van der Waals surface area contributed by atoms with E-state index in [1.54, 1.807) is 6.08 Å². The molecular formula is C74H139N2O6P. The summed E-state index contributed by atoms with van der Waals surface area (Å²) in [6, 6.07) is -0.915. The Hall–Kier alpha value is -2.06. The molecule has 0 aromatic rings. The molecule has 0 aliphatic heterocycles. The fourth-order valence-electron chi connectivity index (χ4n) is 10.5. The zero-order valence-electron chi connectivity index (χ0n) is 55.6. The molecule has 9 heteroatoms. The minimum atomic E-state index is -4.62. The van der Waals surface area contributed by atoms with Gasteiger partial charge in [-0.1, -0.05) is 324 Å². The van der Waals surface area contributed by atoms with Gasteiger partial charge in [-0.3, -0.25) is 9.36 Å². The first kappa shape index (κ1) is 80.9. The molecule has 8 nitrogen and oxygen atoms in total. The monoisotopic (exact) mass is 1180 g/mol. The third kappa shape index (κ3) is 67.3. The molecule has 3 unspecified atom stereocenters. The van der Waals surface area contributed by atoms with Crippen LogP contribution in [-0.4, -0.2) is 68.5 Å². The molecule has 0 bridgehead atoms. The van der Waals surface area contributed by atoms with Crippen LogP contribution in [0.5, 0.6) is 0 Å². The molecule has 0 aromatic heterocycles. The average Bonchev–Trinajstić information content (AvgIpc) is 3.49. The lowest BCUT2D eigenvalue weighted by Crippen LogP contribution is -2.45. The maximum atomic E-state index is 13.0. The van der Waals surface area contributed by atoms with E-state index in [-0.39, 0.29) is 12.5 Å². The topological polar surface area (TPSA) is 108 Å². The number of nitrogens with one attached hydrogen (secondary N) is 1. The van der Waals surface area contributed by atoms with Gasteiger partial charge in [0.25, 0.3) is 7.82 Å². The lowest BCUT2D eigenvalue weighted by Gasteiger charge is -2.29. The zero-order valence-corrected chi connectivity index (χ0v) is 56.5. The van der Waals surface area contributed by atoms with E-state index in [9.17, 15) is 19.4 Å². The van der Waals surface area contributed by atoms with Gasteiger partial charge in [0.1, 0.15) is 13.2 Å². The summed E-state index contributed by atoms with van der Waals surface area (Å²) in [6.45, 7) is 4.65. The Bertz CT molecular complexity index is 1580. The normalized spacial score (nSPS) is 14.1. The number of carbonyl (C=O) groups is 1. The number of allylic oxidation sites excluding steroid dienone is 11. The number of aliphatic hydroxyl groups is 1. The van der Waals surface area contributed by atoms with E-state index in [1.165, 1.54) is 263 Å². The molecular weight excluding hydrogens is 1040 g/mol. The number of rotatable bonds is 66. The first-order valence-electron chi connectivity index (χ1n) is 35.8. The van der Waals surface area contributed by atoms with Gasteiger partial charge in [-0.25, -0.2) is 0 Å². The molecule has 83 heavy (non-hydrogen) atoms. The molecule has 3 atom stereocenters. The van der Waals surface area contributed by atoms with Crippen molar-refractivity contribution in [3.8, 4) is 0 Å². The van der Waals surface area contributed by atoms with Crippen molar-refractivity contribution in [1.29, 1.82) is 0 Å². The van der Waals surface area contributed by atoms with Crippen molar-refractivity contribution in [2.24, 2.45) is 0 Å². The highest BCUT2D eigenvalue weighted by Crippen LogP contribution is 2.38. The minimum Gasteiger partial charge on any atom is -0.756 e. The number of phosphoric ester groups is 1. The summed E-state index contributed by atoms with van der Waals surface area (Å²) in [5.74, 6) is -0.209. The molecule has 0 radical (unpaired) electrons. The summed E-state index contributed by atoms with van der Waals surface area (Å²) >= 11 is 0. The number of unbranched alkanes of at least 4 members (excludes halogenated alkanes) is 43. The largest absolute Gasteiger partial charge is 0.756 e. The maximum absolute atomic E-state index is 13.0. The van der Waals surface area contributed by atoms with Crippen LogP contribution in [0.1, 0.15) is 341 Å². The molecule has 0 rings (SSSR count). The van der Waals surface area contributed by atoms with Gasteiger partial charge in [-0.15, -0.1) is 0 Å². The minimum absolute atomic E-state index is 0.0103. The first-order chi connectivity index (χ1) is 40.5. The summed E-state index contributed by atoms with van der Waals surface area (Å²) in [5, 5.41) is 13.9. The van der Waals surface area contributed by atoms with E-state index < -0.39 is 26.6 Å². The van der Waals surface area contributed by atoms with Crippen LogP contribution in [0.15, 0.2) is 72.9 Å². The number of amides is 1. The number of hydrogen-bond acceptors (Lipinski definition) is 6. The van der Waals surface area contributed by atoms with Crippen LogP contribution in [0.3, 0.4) is 0 Å². The van der Waals surface area contributed by atoms with E-state index in [1.807, 2.05) is 27.2 Å². The van der Waals surface area contributed by atoms with Crippen LogP contribution in [0, 0.1) is 0 Å². The molecule has 0 aromatic carbocycles. The van der Waals surface area contributed by atoms with Crippen molar-refractivity contribution < 1.29 is 32.9 Å². The van der Waals surface area contributed by atoms with Gasteiger partial charge in [0, 0.05) is 6.42 Å². The second-order valence-corrected chi connectivity index (χ2v) is 27.0. The molecule has 0 saturated heterocycles. The lowest BCUT2D eigenvalue weighted by molar-refractivity contribution is -0.870. The molecule has 0 spiro atoms. The standard InChI is InChI=1S/C74H139N2O6P/c1-6-8-10-12-14-16-18-20-22-24-26-28-30-32-34-36-38-40-42-44-46-48-50-52-54-56-58-60-62-64-66-68-74(78)75-72(71-82-83(79,80)81-70-69-76(3,4)5)73(77)67-65-63-61-59-57-55-53-51-49-47-45-43-41-39-37-35-33-31-29-27-25-23-21-19-17-15-13-11-9-7-2/h18,20,24,26,30,32,49,51,57,59,65,67,72-73,77H,6-17,19,21-23,25,27-29,31,33-48,50,52-56,58,60-64,66,68-71H2,1-5H3,(H-,75,78,79,80)/b20-18-,26-24-,32-30-,51-49+,59-57+,67-65+. The second-order valence-electron chi connectivity index (χ2n) is 25.6. The van der Waals surface area contributed by atoms with Crippen LogP contribution >= 0.6 is 7.82 Å². The molecule has 0 fully saturated rings. The van der Waals surface area contributed by atoms with Crippen molar-refractivity contribution in [3.63, 3.8) is 0 Å². The molecule has 0 aliphatic carbocycles. The Morgan fingerprint density at radius 2 is 0.711 bits per heavy atom. The smallest absolute Gasteiger partial charge is 0.268 e. The zero-order chi connectivity index (χ0) is 60.5.